The molecule has 0 aromatic carbocycles. The van der Waals surface area contributed by atoms with Crippen molar-refractivity contribution in [2.45, 2.75) is 33.4 Å². The number of anilines is 1. The minimum atomic E-state index is 0.795. The number of thiazole rings is 1. The van der Waals surface area contributed by atoms with E-state index < -0.39 is 0 Å². The van der Waals surface area contributed by atoms with Gasteiger partial charge in [-0.25, -0.2) is 9.97 Å². The van der Waals surface area contributed by atoms with E-state index >= 15 is 0 Å². The summed E-state index contributed by atoms with van der Waals surface area (Å²) in [6.45, 7) is 6.98. The largest absolute Gasteiger partial charge is 0.354 e. The molecule has 108 valence electrons. The van der Waals surface area contributed by atoms with Crippen molar-refractivity contribution in [1.82, 2.24) is 15.3 Å². The Morgan fingerprint density at radius 2 is 2.20 bits per heavy atom. The van der Waals surface area contributed by atoms with Crippen LogP contribution in [0.25, 0.3) is 0 Å². The highest BCUT2D eigenvalue weighted by atomic mass is 32.1. The fraction of sp³-hybridized carbons (Fsp3) is 0.467. The van der Waals surface area contributed by atoms with Crippen LogP contribution in [0.4, 0.5) is 5.82 Å². The maximum atomic E-state index is 4.69. The smallest absolute Gasteiger partial charge is 0.128 e. The lowest BCUT2D eigenvalue weighted by Crippen LogP contribution is -2.19. The van der Waals surface area contributed by atoms with Gasteiger partial charge in [-0.3, -0.25) is 0 Å². The van der Waals surface area contributed by atoms with Gasteiger partial charge in [0.05, 0.1) is 17.7 Å². The monoisotopic (exact) mass is 290 g/mol. The zero-order chi connectivity index (χ0) is 14.4. The van der Waals surface area contributed by atoms with E-state index in [9.17, 15) is 0 Å². The van der Waals surface area contributed by atoms with Crippen molar-refractivity contribution in [2.75, 3.05) is 18.5 Å². The van der Waals surface area contributed by atoms with Gasteiger partial charge in [-0.2, -0.15) is 0 Å². The summed E-state index contributed by atoms with van der Waals surface area (Å²) in [5.41, 5.74) is 5.32. The predicted molar refractivity (Wildman–Crippen MR) is 85.2 cm³/mol. The van der Waals surface area contributed by atoms with Crippen molar-refractivity contribution in [3.05, 3.63) is 40.0 Å². The van der Waals surface area contributed by atoms with Gasteiger partial charge in [0.1, 0.15) is 5.82 Å². The second-order valence-electron chi connectivity index (χ2n) is 4.93. The SMILES string of the molecule is CCCNCc1ccc(N(C)Cc2cscn2)nc1C. The molecular weight excluding hydrogens is 268 g/mol. The zero-order valence-corrected chi connectivity index (χ0v) is 13.2. The highest BCUT2D eigenvalue weighted by Gasteiger charge is 2.07. The van der Waals surface area contributed by atoms with E-state index in [-0.39, 0.29) is 0 Å². The Hall–Kier alpha value is -1.46. The normalized spacial score (nSPS) is 10.8. The standard InChI is InChI=1S/C15H22N4S/c1-4-7-16-8-13-5-6-15(18-12(13)2)19(3)9-14-10-20-11-17-14/h5-6,10-11,16H,4,7-9H2,1-3H3. The maximum Gasteiger partial charge on any atom is 0.128 e. The van der Waals surface area contributed by atoms with Gasteiger partial charge in [0.25, 0.3) is 0 Å². The van der Waals surface area contributed by atoms with Crippen LogP contribution in [0.1, 0.15) is 30.3 Å². The average Bonchev–Trinajstić information content (AvgIpc) is 2.93. The van der Waals surface area contributed by atoms with Crippen molar-refractivity contribution in [3.63, 3.8) is 0 Å². The molecule has 0 aliphatic carbocycles. The Kier molecular flexibility index (Phi) is 5.49. The van der Waals surface area contributed by atoms with E-state index in [0.29, 0.717) is 0 Å². The van der Waals surface area contributed by atoms with Crippen molar-refractivity contribution >= 4 is 17.2 Å². The fourth-order valence-electron chi connectivity index (χ4n) is 2.02. The first-order valence-electron chi connectivity index (χ1n) is 6.96. The van der Waals surface area contributed by atoms with Crippen LogP contribution in [0.2, 0.25) is 0 Å². The van der Waals surface area contributed by atoms with E-state index in [2.05, 4.69) is 53.6 Å². The molecule has 0 atom stereocenters. The molecule has 0 bridgehead atoms. The quantitative estimate of drug-likeness (QED) is 0.796. The Morgan fingerprint density at radius 1 is 1.35 bits per heavy atom. The first-order valence-corrected chi connectivity index (χ1v) is 7.90. The van der Waals surface area contributed by atoms with E-state index in [4.69, 9.17) is 4.98 Å². The summed E-state index contributed by atoms with van der Waals surface area (Å²) in [4.78, 5) is 11.1. The van der Waals surface area contributed by atoms with Crippen LogP contribution in [0.5, 0.6) is 0 Å². The molecule has 0 saturated carbocycles. The highest BCUT2D eigenvalue weighted by Crippen LogP contribution is 2.16. The molecule has 2 aromatic heterocycles. The van der Waals surface area contributed by atoms with Crippen molar-refractivity contribution in [3.8, 4) is 0 Å². The van der Waals surface area contributed by atoms with Crippen molar-refractivity contribution < 1.29 is 0 Å². The Labute approximate surface area is 124 Å². The van der Waals surface area contributed by atoms with Crippen LogP contribution >= 0.6 is 11.3 Å². The Bertz CT molecular complexity index is 525. The Morgan fingerprint density at radius 3 is 2.85 bits per heavy atom. The molecule has 0 radical (unpaired) electrons. The topological polar surface area (TPSA) is 41.0 Å². The number of nitrogens with one attached hydrogen (secondary N) is 1. The molecule has 2 aromatic rings. The van der Waals surface area contributed by atoms with Gasteiger partial charge in [0, 0.05) is 24.7 Å². The second-order valence-corrected chi connectivity index (χ2v) is 5.65. The molecule has 20 heavy (non-hydrogen) atoms. The summed E-state index contributed by atoms with van der Waals surface area (Å²) in [5, 5.41) is 5.49. The number of hydrogen-bond donors (Lipinski definition) is 1. The van der Waals surface area contributed by atoms with E-state index in [1.165, 1.54) is 5.56 Å². The van der Waals surface area contributed by atoms with Crippen LogP contribution in [-0.4, -0.2) is 23.6 Å². The first-order chi connectivity index (χ1) is 9.70. The lowest BCUT2D eigenvalue weighted by atomic mass is 10.2. The van der Waals surface area contributed by atoms with Crippen molar-refractivity contribution in [1.29, 1.82) is 0 Å². The third-order valence-electron chi connectivity index (χ3n) is 3.20. The molecule has 5 heteroatoms. The summed E-state index contributed by atoms with van der Waals surface area (Å²) >= 11 is 1.63. The molecule has 0 aliphatic heterocycles. The van der Waals surface area contributed by atoms with Crippen LogP contribution in [-0.2, 0) is 13.1 Å². The lowest BCUT2D eigenvalue weighted by molar-refractivity contribution is 0.670. The molecule has 4 nitrogen and oxygen atoms in total. The summed E-state index contributed by atoms with van der Waals surface area (Å²) in [6.07, 6.45) is 1.15. The summed E-state index contributed by atoms with van der Waals surface area (Å²) in [5.74, 6) is 0.995. The van der Waals surface area contributed by atoms with Crippen LogP contribution in [0.15, 0.2) is 23.0 Å². The molecule has 2 rings (SSSR count). The number of rotatable bonds is 7. The molecule has 0 aliphatic rings. The number of pyridine rings is 1. The first kappa shape index (κ1) is 14.9. The number of nitrogens with zero attached hydrogens (tertiary/aromatic N) is 3. The van der Waals surface area contributed by atoms with Crippen molar-refractivity contribution in [2.24, 2.45) is 0 Å². The fourth-order valence-corrected chi connectivity index (χ4v) is 2.57. The van der Waals surface area contributed by atoms with Gasteiger partial charge in [0.2, 0.25) is 0 Å². The number of aryl methyl sites for hydroxylation is 1. The zero-order valence-electron chi connectivity index (χ0n) is 12.4. The van der Waals surface area contributed by atoms with Gasteiger partial charge in [-0.05, 0) is 31.5 Å². The second kappa shape index (κ2) is 7.36. The van der Waals surface area contributed by atoms with Gasteiger partial charge >= 0.3 is 0 Å². The van der Waals surface area contributed by atoms with E-state index in [0.717, 1.165) is 43.3 Å². The van der Waals surface area contributed by atoms with Gasteiger partial charge in [-0.15, -0.1) is 11.3 Å². The number of hydrogen-bond acceptors (Lipinski definition) is 5. The van der Waals surface area contributed by atoms with Gasteiger partial charge in [0.15, 0.2) is 0 Å². The van der Waals surface area contributed by atoms with Crippen LogP contribution in [0, 0.1) is 6.92 Å². The molecule has 0 fully saturated rings. The molecular formula is C15H22N4S. The highest BCUT2D eigenvalue weighted by molar-refractivity contribution is 7.07. The molecule has 0 amide bonds. The predicted octanol–water partition coefficient (Wildman–Crippen LogP) is 2.98. The third kappa shape index (κ3) is 4.02. The molecule has 0 unspecified atom stereocenters. The lowest BCUT2D eigenvalue weighted by Gasteiger charge is -2.18. The van der Waals surface area contributed by atoms with Crippen LogP contribution < -0.4 is 10.2 Å². The number of aromatic nitrogens is 2. The minimum Gasteiger partial charge on any atom is -0.354 e. The molecule has 1 N–H and O–H groups in total. The summed E-state index contributed by atoms with van der Waals surface area (Å²) in [6, 6.07) is 4.25. The van der Waals surface area contributed by atoms with E-state index in [1.807, 2.05) is 5.51 Å². The van der Waals surface area contributed by atoms with Gasteiger partial charge < -0.3 is 10.2 Å². The van der Waals surface area contributed by atoms with Gasteiger partial charge in [-0.1, -0.05) is 13.0 Å². The minimum absolute atomic E-state index is 0.795. The molecule has 2 heterocycles. The molecule has 0 saturated heterocycles. The average molecular weight is 290 g/mol. The summed E-state index contributed by atoms with van der Waals surface area (Å²) < 4.78 is 0. The van der Waals surface area contributed by atoms with Crippen LogP contribution in [0.3, 0.4) is 0 Å². The maximum absolute atomic E-state index is 4.69. The molecule has 0 spiro atoms. The van der Waals surface area contributed by atoms with E-state index in [1.54, 1.807) is 11.3 Å². The third-order valence-corrected chi connectivity index (χ3v) is 3.83. The Balaban J connectivity index is 2.00. The summed E-state index contributed by atoms with van der Waals surface area (Å²) in [7, 11) is 2.05.